The molecule has 0 saturated heterocycles. The van der Waals surface area contributed by atoms with Crippen LogP contribution >= 0.6 is 0 Å². The minimum atomic E-state index is -0.481. The van der Waals surface area contributed by atoms with Crippen molar-refractivity contribution >= 4 is 6.08 Å². The molecule has 0 unspecified atom stereocenters. The van der Waals surface area contributed by atoms with Crippen LogP contribution in [0.4, 0.5) is 0 Å². The number of rotatable bonds is 4. The number of benzene rings is 1. The molecule has 1 fully saturated rings. The minimum absolute atomic E-state index is 0.460. The van der Waals surface area contributed by atoms with Gasteiger partial charge in [0.2, 0.25) is 6.08 Å². The number of methoxy groups -OCH3 is 1. The predicted octanol–water partition coefficient (Wildman–Crippen LogP) is 2.71. The van der Waals surface area contributed by atoms with Gasteiger partial charge in [-0.15, -0.1) is 0 Å². The van der Waals surface area contributed by atoms with E-state index in [9.17, 15) is 4.79 Å². The maximum absolute atomic E-state index is 10.9. The Bertz CT molecular complexity index is 572. The Kier molecular flexibility index (Phi) is 3.95. The summed E-state index contributed by atoms with van der Waals surface area (Å²) >= 11 is 0. The average molecular weight is 289 g/mol. The molecule has 1 aromatic rings. The molecule has 0 aromatic heterocycles. The molecule has 0 amide bonds. The number of isocyanates is 1. The van der Waals surface area contributed by atoms with E-state index < -0.39 is 5.54 Å². The molecule has 1 aliphatic carbocycles. The SMILES string of the molecule is COCc1cc2c(cc1C1(N=C=O)CCCC1)OCCO2. The van der Waals surface area contributed by atoms with Crippen molar-refractivity contribution < 1.29 is 19.0 Å². The van der Waals surface area contributed by atoms with E-state index in [1.165, 1.54) is 0 Å². The molecule has 2 aliphatic rings. The van der Waals surface area contributed by atoms with E-state index in [1.807, 2.05) is 12.1 Å². The number of hydrogen-bond acceptors (Lipinski definition) is 5. The Morgan fingerprint density at radius 3 is 2.52 bits per heavy atom. The van der Waals surface area contributed by atoms with Gasteiger partial charge in [0.05, 0.1) is 12.1 Å². The monoisotopic (exact) mass is 289 g/mol. The molecule has 0 radical (unpaired) electrons. The highest BCUT2D eigenvalue weighted by Crippen LogP contribution is 2.46. The smallest absolute Gasteiger partial charge is 0.235 e. The van der Waals surface area contributed by atoms with E-state index in [2.05, 4.69) is 4.99 Å². The van der Waals surface area contributed by atoms with Gasteiger partial charge in [0.25, 0.3) is 0 Å². The molecule has 0 N–H and O–H groups in total. The van der Waals surface area contributed by atoms with Crippen molar-refractivity contribution in [1.29, 1.82) is 0 Å². The summed E-state index contributed by atoms with van der Waals surface area (Å²) in [6.45, 7) is 1.55. The zero-order chi connectivity index (χ0) is 14.7. The molecular weight excluding hydrogens is 270 g/mol. The lowest BCUT2D eigenvalue weighted by atomic mass is 9.85. The van der Waals surface area contributed by atoms with Crippen LogP contribution < -0.4 is 9.47 Å². The van der Waals surface area contributed by atoms with Gasteiger partial charge in [-0.05, 0) is 36.1 Å². The summed E-state index contributed by atoms with van der Waals surface area (Å²) in [4.78, 5) is 15.1. The second-order valence-electron chi connectivity index (χ2n) is 5.53. The normalized spacial score (nSPS) is 19.1. The molecule has 112 valence electrons. The minimum Gasteiger partial charge on any atom is -0.486 e. The molecule has 1 saturated carbocycles. The van der Waals surface area contributed by atoms with Crippen LogP contribution in [0.1, 0.15) is 36.8 Å². The maximum Gasteiger partial charge on any atom is 0.235 e. The Labute approximate surface area is 123 Å². The number of ether oxygens (including phenoxy) is 3. The molecule has 0 bridgehead atoms. The maximum atomic E-state index is 10.9. The Morgan fingerprint density at radius 1 is 1.24 bits per heavy atom. The highest BCUT2D eigenvalue weighted by molar-refractivity contribution is 5.52. The molecule has 1 aliphatic heterocycles. The third-order valence-corrected chi connectivity index (χ3v) is 4.26. The number of fused-ring (bicyclic) bond motifs is 1. The van der Waals surface area contributed by atoms with Crippen molar-refractivity contribution in [3.05, 3.63) is 23.3 Å². The molecule has 5 nitrogen and oxygen atoms in total. The van der Waals surface area contributed by atoms with E-state index in [4.69, 9.17) is 14.2 Å². The second-order valence-corrected chi connectivity index (χ2v) is 5.53. The van der Waals surface area contributed by atoms with Crippen molar-refractivity contribution in [1.82, 2.24) is 0 Å². The van der Waals surface area contributed by atoms with Gasteiger partial charge in [0, 0.05) is 7.11 Å². The standard InChI is InChI=1S/C16H19NO4/c1-19-10-12-8-14-15(21-7-6-20-14)9-13(12)16(17-11-18)4-2-3-5-16/h8-9H,2-7,10H2,1H3. The van der Waals surface area contributed by atoms with Crippen LogP contribution in [0.5, 0.6) is 11.5 Å². The Hall–Kier alpha value is -1.84. The van der Waals surface area contributed by atoms with Crippen molar-refractivity contribution in [2.45, 2.75) is 37.8 Å². The van der Waals surface area contributed by atoms with Crippen LogP contribution in [0.2, 0.25) is 0 Å². The first-order valence-electron chi connectivity index (χ1n) is 7.30. The molecule has 1 heterocycles. The summed E-state index contributed by atoms with van der Waals surface area (Å²) in [5.74, 6) is 1.46. The molecule has 1 aromatic carbocycles. The zero-order valence-electron chi connectivity index (χ0n) is 12.2. The Balaban J connectivity index is 2.12. The van der Waals surface area contributed by atoms with Crippen LogP contribution in [0.3, 0.4) is 0 Å². The molecular formula is C16H19NO4. The summed E-state index contributed by atoms with van der Waals surface area (Å²) in [5.41, 5.74) is 1.53. The van der Waals surface area contributed by atoms with Crippen molar-refractivity contribution in [3.63, 3.8) is 0 Å². The van der Waals surface area contributed by atoms with Gasteiger partial charge in [0.15, 0.2) is 11.5 Å². The lowest BCUT2D eigenvalue weighted by Crippen LogP contribution is -2.23. The van der Waals surface area contributed by atoms with Crippen LogP contribution in [0.15, 0.2) is 17.1 Å². The van der Waals surface area contributed by atoms with E-state index >= 15 is 0 Å². The van der Waals surface area contributed by atoms with Crippen LogP contribution in [0, 0.1) is 0 Å². The first-order chi connectivity index (χ1) is 10.3. The second kappa shape index (κ2) is 5.88. The highest BCUT2D eigenvalue weighted by Gasteiger charge is 2.38. The predicted molar refractivity (Wildman–Crippen MR) is 76.4 cm³/mol. The van der Waals surface area contributed by atoms with Crippen molar-refractivity contribution in [2.24, 2.45) is 4.99 Å². The molecule has 0 atom stereocenters. The van der Waals surface area contributed by atoms with Gasteiger partial charge in [0.1, 0.15) is 13.2 Å². The van der Waals surface area contributed by atoms with E-state index in [0.29, 0.717) is 19.8 Å². The zero-order valence-corrected chi connectivity index (χ0v) is 12.2. The van der Waals surface area contributed by atoms with Crippen LogP contribution in [-0.4, -0.2) is 26.4 Å². The lowest BCUT2D eigenvalue weighted by molar-refractivity contribution is 0.166. The van der Waals surface area contributed by atoms with Gasteiger partial charge >= 0.3 is 0 Å². The highest BCUT2D eigenvalue weighted by atomic mass is 16.6. The van der Waals surface area contributed by atoms with Crippen LogP contribution in [-0.2, 0) is 21.7 Å². The first-order valence-corrected chi connectivity index (χ1v) is 7.30. The Morgan fingerprint density at radius 2 is 1.90 bits per heavy atom. The quantitative estimate of drug-likeness (QED) is 0.631. The van der Waals surface area contributed by atoms with Gasteiger partial charge < -0.3 is 14.2 Å². The third-order valence-electron chi connectivity index (χ3n) is 4.26. The fraction of sp³-hybridized carbons (Fsp3) is 0.562. The van der Waals surface area contributed by atoms with Crippen molar-refractivity contribution in [2.75, 3.05) is 20.3 Å². The molecule has 21 heavy (non-hydrogen) atoms. The van der Waals surface area contributed by atoms with Gasteiger partial charge in [-0.25, -0.2) is 4.79 Å². The summed E-state index contributed by atoms with van der Waals surface area (Å²) < 4.78 is 16.6. The number of aliphatic imine (C=N–C) groups is 1. The number of nitrogens with zero attached hydrogens (tertiary/aromatic N) is 1. The average Bonchev–Trinajstić information content (AvgIpc) is 2.97. The van der Waals surface area contributed by atoms with E-state index in [0.717, 1.165) is 48.3 Å². The molecule has 5 heteroatoms. The topological polar surface area (TPSA) is 57.1 Å². The molecule has 3 rings (SSSR count). The lowest BCUT2D eigenvalue weighted by Gasteiger charge is -2.28. The van der Waals surface area contributed by atoms with Crippen molar-refractivity contribution in [3.8, 4) is 11.5 Å². The number of hydrogen-bond donors (Lipinski definition) is 0. The first kappa shape index (κ1) is 14.1. The summed E-state index contributed by atoms with van der Waals surface area (Å²) in [6.07, 6.45) is 5.60. The number of carbonyl (C=O) groups excluding carboxylic acids is 1. The van der Waals surface area contributed by atoms with Crippen LogP contribution in [0.25, 0.3) is 0 Å². The summed E-state index contributed by atoms with van der Waals surface area (Å²) in [5, 5.41) is 0. The van der Waals surface area contributed by atoms with E-state index in [-0.39, 0.29) is 0 Å². The van der Waals surface area contributed by atoms with E-state index in [1.54, 1.807) is 13.2 Å². The summed E-state index contributed by atoms with van der Waals surface area (Å²) in [7, 11) is 1.66. The van der Waals surface area contributed by atoms with Gasteiger partial charge in [-0.3, -0.25) is 0 Å². The van der Waals surface area contributed by atoms with Gasteiger partial charge in [-0.1, -0.05) is 12.8 Å². The molecule has 0 spiro atoms. The van der Waals surface area contributed by atoms with Gasteiger partial charge in [-0.2, -0.15) is 4.99 Å². The summed E-state index contributed by atoms with van der Waals surface area (Å²) in [6, 6.07) is 3.92. The largest absolute Gasteiger partial charge is 0.486 e. The third kappa shape index (κ3) is 2.55. The fourth-order valence-electron chi connectivity index (χ4n) is 3.33. The fourth-order valence-corrected chi connectivity index (χ4v) is 3.33.